The van der Waals surface area contributed by atoms with Crippen LogP contribution in [-0.2, 0) is 16.1 Å². The van der Waals surface area contributed by atoms with Gasteiger partial charge in [-0.3, -0.25) is 9.78 Å². The molecule has 0 aromatic carbocycles. The molecule has 1 aromatic heterocycles. The summed E-state index contributed by atoms with van der Waals surface area (Å²) in [7, 11) is 0. The fraction of sp³-hybridized carbons (Fsp3) is 0.571. The number of hydrogen-bond acceptors (Lipinski definition) is 4. The SMILES string of the molecule is C[C@@H](CNCc1ccccn1)C(=O)OC(C)(C)C. The summed E-state index contributed by atoms with van der Waals surface area (Å²) in [4.78, 5) is 15.9. The Morgan fingerprint density at radius 3 is 2.72 bits per heavy atom. The van der Waals surface area contributed by atoms with Gasteiger partial charge in [0.1, 0.15) is 5.60 Å². The third kappa shape index (κ3) is 5.77. The van der Waals surface area contributed by atoms with Gasteiger partial charge < -0.3 is 10.1 Å². The van der Waals surface area contributed by atoms with Crippen LogP contribution < -0.4 is 5.32 Å². The zero-order chi connectivity index (χ0) is 13.6. The molecular weight excluding hydrogens is 228 g/mol. The molecular formula is C14H22N2O2. The quantitative estimate of drug-likeness (QED) is 0.814. The number of carbonyl (C=O) groups excluding carboxylic acids is 1. The van der Waals surface area contributed by atoms with Crippen LogP contribution in [0.15, 0.2) is 24.4 Å². The Morgan fingerprint density at radius 2 is 2.17 bits per heavy atom. The van der Waals surface area contributed by atoms with E-state index >= 15 is 0 Å². The molecule has 0 unspecified atom stereocenters. The van der Waals surface area contributed by atoms with E-state index in [1.54, 1.807) is 6.20 Å². The minimum Gasteiger partial charge on any atom is -0.460 e. The van der Waals surface area contributed by atoms with Crippen molar-refractivity contribution in [3.8, 4) is 0 Å². The molecule has 0 aliphatic carbocycles. The standard InChI is InChI=1S/C14H22N2O2/c1-11(13(17)18-14(2,3)4)9-15-10-12-7-5-6-8-16-12/h5-8,11,15H,9-10H2,1-4H3/t11-/m0/s1. The van der Waals surface area contributed by atoms with Gasteiger partial charge in [0.2, 0.25) is 0 Å². The fourth-order valence-electron chi connectivity index (χ4n) is 1.41. The second-order valence-electron chi connectivity index (χ2n) is 5.39. The van der Waals surface area contributed by atoms with Crippen LogP contribution in [0.25, 0.3) is 0 Å². The van der Waals surface area contributed by atoms with Gasteiger partial charge in [0, 0.05) is 19.3 Å². The van der Waals surface area contributed by atoms with Gasteiger partial charge in [0.05, 0.1) is 11.6 Å². The highest BCUT2D eigenvalue weighted by Crippen LogP contribution is 2.10. The van der Waals surface area contributed by atoms with Crippen LogP contribution in [0, 0.1) is 5.92 Å². The Kier molecular flexibility index (Phi) is 5.28. The number of hydrogen-bond donors (Lipinski definition) is 1. The lowest BCUT2D eigenvalue weighted by Crippen LogP contribution is -2.32. The second kappa shape index (κ2) is 6.50. The first-order valence-electron chi connectivity index (χ1n) is 6.22. The summed E-state index contributed by atoms with van der Waals surface area (Å²) in [6.45, 7) is 8.73. The molecule has 18 heavy (non-hydrogen) atoms. The van der Waals surface area contributed by atoms with Crippen LogP contribution in [0.2, 0.25) is 0 Å². The molecule has 4 heteroatoms. The molecule has 100 valence electrons. The summed E-state index contributed by atoms with van der Waals surface area (Å²) in [5, 5.41) is 3.20. The van der Waals surface area contributed by atoms with E-state index in [2.05, 4.69) is 10.3 Å². The second-order valence-corrected chi connectivity index (χ2v) is 5.39. The van der Waals surface area contributed by atoms with Crippen molar-refractivity contribution in [2.24, 2.45) is 5.92 Å². The number of carbonyl (C=O) groups is 1. The molecule has 0 aliphatic rings. The summed E-state index contributed by atoms with van der Waals surface area (Å²) in [6, 6.07) is 5.78. The molecule has 0 saturated heterocycles. The Balaban J connectivity index is 2.29. The molecule has 4 nitrogen and oxygen atoms in total. The number of nitrogens with zero attached hydrogens (tertiary/aromatic N) is 1. The minimum atomic E-state index is -0.424. The van der Waals surface area contributed by atoms with Gasteiger partial charge in [-0.15, -0.1) is 0 Å². The number of ether oxygens (including phenoxy) is 1. The van der Waals surface area contributed by atoms with Crippen molar-refractivity contribution in [1.29, 1.82) is 0 Å². The minimum absolute atomic E-state index is 0.159. The molecule has 0 fully saturated rings. The van der Waals surface area contributed by atoms with Gasteiger partial charge in [-0.2, -0.15) is 0 Å². The molecule has 1 N–H and O–H groups in total. The average Bonchev–Trinajstić information content (AvgIpc) is 2.28. The summed E-state index contributed by atoms with van der Waals surface area (Å²) < 4.78 is 5.31. The summed E-state index contributed by atoms with van der Waals surface area (Å²) in [5.41, 5.74) is 0.542. The number of aromatic nitrogens is 1. The highest BCUT2D eigenvalue weighted by atomic mass is 16.6. The maximum absolute atomic E-state index is 11.7. The van der Waals surface area contributed by atoms with Crippen LogP contribution in [-0.4, -0.2) is 23.1 Å². The predicted molar refractivity (Wildman–Crippen MR) is 71.0 cm³/mol. The van der Waals surface area contributed by atoms with Crippen molar-refractivity contribution in [2.75, 3.05) is 6.54 Å². The zero-order valence-electron chi connectivity index (χ0n) is 11.6. The number of nitrogens with one attached hydrogen (secondary N) is 1. The lowest BCUT2D eigenvalue weighted by atomic mass is 10.1. The van der Waals surface area contributed by atoms with Gasteiger partial charge >= 0.3 is 5.97 Å². The van der Waals surface area contributed by atoms with Crippen LogP contribution >= 0.6 is 0 Å². The predicted octanol–water partition coefficient (Wildman–Crippen LogP) is 2.15. The Morgan fingerprint density at radius 1 is 1.44 bits per heavy atom. The van der Waals surface area contributed by atoms with Gasteiger partial charge in [-0.05, 0) is 32.9 Å². The average molecular weight is 250 g/mol. The highest BCUT2D eigenvalue weighted by molar-refractivity contribution is 5.72. The summed E-state index contributed by atoms with van der Waals surface area (Å²) >= 11 is 0. The van der Waals surface area contributed by atoms with E-state index in [-0.39, 0.29) is 11.9 Å². The maximum atomic E-state index is 11.7. The first-order chi connectivity index (χ1) is 8.38. The van der Waals surface area contributed by atoms with E-state index in [1.807, 2.05) is 45.9 Å². The molecule has 1 atom stereocenters. The molecule has 0 spiro atoms. The van der Waals surface area contributed by atoms with E-state index in [0.29, 0.717) is 13.1 Å². The van der Waals surface area contributed by atoms with E-state index in [0.717, 1.165) is 5.69 Å². The van der Waals surface area contributed by atoms with Crippen molar-refractivity contribution < 1.29 is 9.53 Å². The van der Waals surface area contributed by atoms with E-state index in [1.165, 1.54) is 0 Å². The molecule has 0 radical (unpaired) electrons. The molecule has 0 bridgehead atoms. The molecule has 1 rings (SSSR count). The van der Waals surface area contributed by atoms with E-state index in [9.17, 15) is 4.79 Å². The van der Waals surface area contributed by atoms with Crippen molar-refractivity contribution in [2.45, 2.75) is 39.8 Å². The monoisotopic (exact) mass is 250 g/mol. The molecule has 1 heterocycles. The van der Waals surface area contributed by atoms with Gasteiger partial charge in [0.15, 0.2) is 0 Å². The summed E-state index contributed by atoms with van der Waals surface area (Å²) in [5.74, 6) is -0.330. The van der Waals surface area contributed by atoms with Crippen molar-refractivity contribution >= 4 is 5.97 Å². The third-order valence-electron chi connectivity index (χ3n) is 2.29. The number of rotatable bonds is 5. The normalized spacial score (nSPS) is 13.1. The Labute approximate surface area is 109 Å². The molecule has 0 aliphatic heterocycles. The maximum Gasteiger partial charge on any atom is 0.310 e. The molecule has 0 saturated carbocycles. The highest BCUT2D eigenvalue weighted by Gasteiger charge is 2.21. The topological polar surface area (TPSA) is 51.2 Å². The van der Waals surface area contributed by atoms with Crippen LogP contribution in [0.4, 0.5) is 0 Å². The van der Waals surface area contributed by atoms with Gasteiger partial charge in [-0.1, -0.05) is 13.0 Å². The number of esters is 1. The Bertz CT molecular complexity index is 371. The first-order valence-corrected chi connectivity index (χ1v) is 6.22. The largest absolute Gasteiger partial charge is 0.460 e. The van der Waals surface area contributed by atoms with Crippen LogP contribution in [0.3, 0.4) is 0 Å². The van der Waals surface area contributed by atoms with E-state index < -0.39 is 5.60 Å². The van der Waals surface area contributed by atoms with Crippen molar-refractivity contribution in [3.63, 3.8) is 0 Å². The summed E-state index contributed by atoms with van der Waals surface area (Å²) in [6.07, 6.45) is 1.76. The zero-order valence-corrected chi connectivity index (χ0v) is 11.6. The van der Waals surface area contributed by atoms with Gasteiger partial charge in [-0.25, -0.2) is 0 Å². The van der Waals surface area contributed by atoms with Crippen molar-refractivity contribution in [3.05, 3.63) is 30.1 Å². The smallest absolute Gasteiger partial charge is 0.310 e. The Hall–Kier alpha value is -1.42. The fourth-order valence-corrected chi connectivity index (χ4v) is 1.41. The molecule has 0 amide bonds. The lowest BCUT2D eigenvalue weighted by molar-refractivity contribution is -0.159. The van der Waals surface area contributed by atoms with Crippen LogP contribution in [0.1, 0.15) is 33.4 Å². The molecule has 1 aromatic rings. The lowest BCUT2D eigenvalue weighted by Gasteiger charge is -2.22. The van der Waals surface area contributed by atoms with Gasteiger partial charge in [0.25, 0.3) is 0 Å². The van der Waals surface area contributed by atoms with E-state index in [4.69, 9.17) is 4.74 Å². The van der Waals surface area contributed by atoms with Crippen molar-refractivity contribution in [1.82, 2.24) is 10.3 Å². The van der Waals surface area contributed by atoms with Crippen LogP contribution in [0.5, 0.6) is 0 Å². The number of pyridine rings is 1. The first kappa shape index (κ1) is 14.6. The third-order valence-corrected chi connectivity index (χ3v) is 2.29.